The van der Waals surface area contributed by atoms with Crippen LogP contribution in [-0.4, -0.2) is 9.97 Å². The highest BCUT2D eigenvalue weighted by Crippen LogP contribution is 2.42. The van der Waals surface area contributed by atoms with Crippen molar-refractivity contribution in [2.75, 3.05) is 0 Å². The van der Waals surface area contributed by atoms with Gasteiger partial charge < -0.3 is 0 Å². The molecule has 0 unspecified atom stereocenters. The summed E-state index contributed by atoms with van der Waals surface area (Å²) in [6.45, 7) is 21.5. The predicted molar refractivity (Wildman–Crippen MR) is 223 cm³/mol. The lowest BCUT2D eigenvalue weighted by molar-refractivity contribution is 0.590. The fraction of sp³-hybridized carbons (Fsp3) is 0.160. The van der Waals surface area contributed by atoms with Gasteiger partial charge >= 0.3 is 0 Å². The smallest absolute Gasteiger partial charge is 0.220 e. The van der Waals surface area contributed by atoms with Gasteiger partial charge in [0.25, 0.3) is 0 Å². The van der Waals surface area contributed by atoms with E-state index in [1.807, 2.05) is 78.9 Å². The normalized spacial score (nSPS) is 11.5. The second-order valence-corrected chi connectivity index (χ2v) is 15.7. The van der Waals surface area contributed by atoms with Crippen LogP contribution in [0.3, 0.4) is 0 Å². The lowest BCUT2D eigenvalue weighted by Gasteiger charge is -2.20. The maximum absolute atomic E-state index is 10.6. The molecule has 5 aromatic carbocycles. The maximum Gasteiger partial charge on any atom is 0.220 e. The van der Waals surface area contributed by atoms with Crippen molar-refractivity contribution >= 4 is 5.69 Å². The summed E-state index contributed by atoms with van der Waals surface area (Å²) >= 11 is 0. The van der Waals surface area contributed by atoms with Gasteiger partial charge in [-0.25, -0.2) is 9.83 Å². The number of aromatic nitrogens is 2. The Morgan fingerprint density at radius 1 is 0.481 bits per heavy atom. The van der Waals surface area contributed by atoms with Crippen molar-refractivity contribution in [1.82, 2.24) is 9.97 Å². The number of nitrogens with zero attached hydrogens (tertiary/aromatic N) is 4. The SMILES string of the molecule is [C-]#[N+]c1c(-c2ccc(C(C)(C)C)cc2)cc(-c2cccc(-c3cc(-c4ccc(C(C)(C)C)cc4)c(C#N)c(-c4ccccc4)n3)c2)nc1-c1ccccc1. The summed E-state index contributed by atoms with van der Waals surface area (Å²) in [7, 11) is 0. The van der Waals surface area contributed by atoms with E-state index in [4.69, 9.17) is 16.5 Å². The Balaban J connectivity index is 1.42. The zero-order chi connectivity index (χ0) is 38.0. The second-order valence-electron chi connectivity index (χ2n) is 15.7. The predicted octanol–water partition coefficient (Wildman–Crippen LogP) is 13.5. The van der Waals surface area contributed by atoms with Crippen LogP contribution in [0.2, 0.25) is 0 Å². The Hall–Kier alpha value is -6.62. The summed E-state index contributed by atoms with van der Waals surface area (Å²) < 4.78 is 0. The van der Waals surface area contributed by atoms with Gasteiger partial charge in [0.15, 0.2) is 0 Å². The topological polar surface area (TPSA) is 53.9 Å². The minimum atomic E-state index is 0.00669. The zero-order valence-corrected chi connectivity index (χ0v) is 31.6. The van der Waals surface area contributed by atoms with Crippen LogP contribution in [0, 0.1) is 17.9 Å². The summed E-state index contributed by atoms with van der Waals surface area (Å²) in [5, 5.41) is 10.6. The average Bonchev–Trinajstić information content (AvgIpc) is 3.20. The van der Waals surface area contributed by atoms with Crippen molar-refractivity contribution in [3.63, 3.8) is 0 Å². The van der Waals surface area contributed by atoms with Gasteiger partial charge in [-0.2, -0.15) is 5.26 Å². The molecule has 0 N–H and O–H groups in total. The molecule has 0 aliphatic heterocycles. The molecule has 0 atom stereocenters. The first-order valence-electron chi connectivity index (χ1n) is 18.3. The van der Waals surface area contributed by atoms with Crippen LogP contribution in [0.25, 0.3) is 72.1 Å². The molecule has 0 radical (unpaired) electrons. The van der Waals surface area contributed by atoms with E-state index >= 15 is 0 Å². The molecular formula is C50H42N4. The Morgan fingerprint density at radius 2 is 0.907 bits per heavy atom. The quantitative estimate of drug-likeness (QED) is 0.162. The van der Waals surface area contributed by atoms with E-state index in [0.717, 1.165) is 55.9 Å². The second kappa shape index (κ2) is 14.4. The average molecular weight is 699 g/mol. The minimum absolute atomic E-state index is 0.00669. The molecule has 2 aromatic heterocycles. The molecule has 0 fully saturated rings. The van der Waals surface area contributed by atoms with E-state index in [9.17, 15) is 5.26 Å². The fourth-order valence-electron chi connectivity index (χ4n) is 6.79. The van der Waals surface area contributed by atoms with Gasteiger partial charge in [-0.05, 0) is 62.4 Å². The third-order valence-electron chi connectivity index (χ3n) is 9.91. The Bertz CT molecular complexity index is 2360. The van der Waals surface area contributed by atoms with E-state index < -0.39 is 0 Å². The molecule has 7 rings (SSSR count). The molecule has 0 saturated heterocycles. The third kappa shape index (κ3) is 7.20. The molecular weight excluding hydrogens is 657 g/mol. The van der Waals surface area contributed by atoms with E-state index in [0.29, 0.717) is 22.6 Å². The largest absolute Gasteiger partial charge is 0.259 e. The summed E-state index contributed by atoms with van der Waals surface area (Å²) in [6.07, 6.45) is 0. The summed E-state index contributed by atoms with van der Waals surface area (Å²) in [5.41, 5.74) is 13.5. The molecule has 262 valence electrons. The van der Waals surface area contributed by atoms with Crippen molar-refractivity contribution in [3.8, 4) is 73.4 Å². The minimum Gasteiger partial charge on any atom is -0.259 e. The molecule has 2 heterocycles. The van der Waals surface area contributed by atoms with Crippen LogP contribution in [0.15, 0.2) is 146 Å². The van der Waals surface area contributed by atoms with Crippen LogP contribution in [-0.2, 0) is 10.8 Å². The Kier molecular flexibility index (Phi) is 9.55. The monoisotopic (exact) mass is 698 g/mol. The van der Waals surface area contributed by atoms with E-state index in [-0.39, 0.29) is 10.8 Å². The highest BCUT2D eigenvalue weighted by atomic mass is 14.8. The zero-order valence-electron chi connectivity index (χ0n) is 31.6. The number of hydrogen-bond acceptors (Lipinski definition) is 3. The molecule has 0 aliphatic rings. The third-order valence-corrected chi connectivity index (χ3v) is 9.91. The molecule has 0 aliphatic carbocycles. The van der Waals surface area contributed by atoms with Gasteiger partial charge in [0, 0.05) is 22.3 Å². The van der Waals surface area contributed by atoms with Crippen LogP contribution in [0.1, 0.15) is 58.2 Å². The number of pyridine rings is 2. The van der Waals surface area contributed by atoms with Crippen molar-refractivity contribution in [2.45, 2.75) is 52.4 Å². The molecule has 4 heteroatoms. The van der Waals surface area contributed by atoms with Gasteiger partial charge in [0.1, 0.15) is 6.07 Å². The van der Waals surface area contributed by atoms with E-state index in [1.165, 1.54) is 11.1 Å². The standard InChI is InChI=1S/C50H42N4/c1-49(2,3)39-25-21-33(22-26-39)41-30-44(53-46(43(41)32-51)35-15-10-8-11-16-35)37-19-14-20-38(29-37)45-31-42(34-23-27-40(28-24-34)50(4,5)6)48(52-7)47(54-45)36-17-12-9-13-18-36/h8-31H,1-6H3. The van der Waals surface area contributed by atoms with Crippen molar-refractivity contribution in [1.29, 1.82) is 5.26 Å². The first-order chi connectivity index (χ1) is 25.9. The number of benzene rings is 5. The van der Waals surface area contributed by atoms with Crippen molar-refractivity contribution < 1.29 is 0 Å². The van der Waals surface area contributed by atoms with Gasteiger partial charge in [0.05, 0.1) is 34.9 Å². The summed E-state index contributed by atoms with van der Waals surface area (Å²) in [6, 6.07) is 51.7. The fourth-order valence-corrected chi connectivity index (χ4v) is 6.79. The van der Waals surface area contributed by atoms with E-state index in [2.05, 4.69) is 119 Å². The number of rotatable bonds is 6. The van der Waals surface area contributed by atoms with Crippen LogP contribution in [0.4, 0.5) is 5.69 Å². The maximum atomic E-state index is 10.6. The lowest BCUT2D eigenvalue weighted by Crippen LogP contribution is -2.10. The first-order valence-corrected chi connectivity index (χ1v) is 18.3. The highest BCUT2D eigenvalue weighted by molar-refractivity contribution is 5.92. The van der Waals surface area contributed by atoms with Crippen LogP contribution < -0.4 is 0 Å². The molecule has 54 heavy (non-hydrogen) atoms. The summed E-state index contributed by atoms with van der Waals surface area (Å²) in [4.78, 5) is 14.4. The Morgan fingerprint density at radius 3 is 1.37 bits per heavy atom. The molecule has 7 aromatic rings. The van der Waals surface area contributed by atoms with Crippen LogP contribution >= 0.6 is 0 Å². The summed E-state index contributed by atoms with van der Waals surface area (Å²) in [5.74, 6) is 0. The van der Waals surface area contributed by atoms with Crippen molar-refractivity contribution in [2.24, 2.45) is 0 Å². The van der Waals surface area contributed by atoms with Gasteiger partial charge in [-0.15, -0.1) is 0 Å². The van der Waals surface area contributed by atoms with Gasteiger partial charge in [-0.1, -0.05) is 169 Å². The molecule has 0 amide bonds. The van der Waals surface area contributed by atoms with Gasteiger partial charge in [-0.3, -0.25) is 4.98 Å². The Labute approximate surface area is 319 Å². The molecule has 0 saturated carbocycles. The number of nitriles is 1. The van der Waals surface area contributed by atoms with Gasteiger partial charge in [0.2, 0.25) is 5.69 Å². The molecule has 4 nitrogen and oxygen atoms in total. The van der Waals surface area contributed by atoms with Crippen LogP contribution in [0.5, 0.6) is 0 Å². The first kappa shape index (κ1) is 35.8. The highest BCUT2D eigenvalue weighted by Gasteiger charge is 2.21. The molecule has 0 bridgehead atoms. The lowest BCUT2D eigenvalue weighted by atomic mass is 9.85. The van der Waals surface area contributed by atoms with Crippen molar-refractivity contribution in [3.05, 3.63) is 174 Å². The number of hydrogen-bond donors (Lipinski definition) is 0. The molecule has 0 spiro atoms. The van der Waals surface area contributed by atoms with E-state index in [1.54, 1.807) is 0 Å².